The third-order valence-electron chi connectivity index (χ3n) is 2.60. The molecular formula is C12H11Cl2N3O2S. The predicted molar refractivity (Wildman–Crippen MR) is 80.0 cm³/mol. The molecule has 5 nitrogen and oxygen atoms in total. The van der Waals surface area contributed by atoms with E-state index in [-0.39, 0.29) is 17.2 Å². The van der Waals surface area contributed by atoms with Crippen molar-refractivity contribution in [2.45, 2.75) is 18.6 Å². The number of aromatic amines is 1. The minimum Gasteiger partial charge on any atom is -0.293 e. The SMILES string of the molecule is CCn1c(SCC(=O)c2cc(Cl)ccc2Cl)n[nH]c1=O. The molecule has 2 aromatic rings. The van der Waals surface area contributed by atoms with E-state index in [1.165, 1.54) is 22.4 Å². The Kier molecular flexibility index (Phi) is 4.91. The van der Waals surface area contributed by atoms with E-state index in [2.05, 4.69) is 10.2 Å². The van der Waals surface area contributed by atoms with E-state index in [0.717, 1.165) is 0 Å². The van der Waals surface area contributed by atoms with E-state index in [9.17, 15) is 9.59 Å². The summed E-state index contributed by atoms with van der Waals surface area (Å²) in [5.41, 5.74) is 0.0795. The Morgan fingerprint density at radius 2 is 2.20 bits per heavy atom. The topological polar surface area (TPSA) is 67.8 Å². The first-order valence-corrected chi connectivity index (χ1v) is 7.53. The van der Waals surface area contributed by atoms with Crippen molar-refractivity contribution in [2.24, 2.45) is 0 Å². The number of nitrogens with one attached hydrogen (secondary N) is 1. The Hall–Kier alpha value is -1.24. The fourth-order valence-electron chi connectivity index (χ4n) is 1.61. The molecule has 1 heterocycles. The van der Waals surface area contributed by atoms with Gasteiger partial charge in [-0.25, -0.2) is 9.89 Å². The number of ketones is 1. The maximum Gasteiger partial charge on any atom is 0.343 e. The van der Waals surface area contributed by atoms with Gasteiger partial charge in [0, 0.05) is 17.1 Å². The molecule has 0 fully saturated rings. The number of halogens is 2. The van der Waals surface area contributed by atoms with Crippen molar-refractivity contribution in [3.8, 4) is 0 Å². The highest BCUT2D eigenvalue weighted by molar-refractivity contribution is 7.99. The molecule has 1 aromatic carbocycles. The normalized spacial score (nSPS) is 10.8. The van der Waals surface area contributed by atoms with Gasteiger partial charge in [-0.15, -0.1) is 5.10 Å². The molecule has 0 amide bonds. The summed E-state index contributed by atoms with van der Waals surface area (Å²) in [6.07, 6.45) is 0. The van der Waals surface area contributed by atoms with Crippen LogP contribution in [-0.4, -0.2) is 26.3 Å². The van der Waals surface area contributed by atoms with Crippen molar-refractivity contribution < 1.29 is 4.79 Å². The van der Waals surface area contributed by atoms with E-state index in [1.807, 2.05) is 6.92 Å². The van der Waals surface area contributed by atoms with Crippen LogP contribution >= 0.6 is 35.0 Å². The van der Waals surface area contributed by atoms with Crippen LogP contribution in [-0.2, 0) is 6.54 Å². The number of rotatable bonds is 5. The van der Waals surface area contributed by atoms with Crippen LogP contribution in [0.4, 0.5) is 0 Å². The molecule has 0 aliphatic carbocycles. The molecular weight excluding hydrogens is 321 g/mol. The molecule has 1 aromatic heterocycles. The van der Waals surface area contributed by atoms with Crippen LogP contribution in [0, 0.1) is 0 Å². The predicted octanol–water partition coefficient (Wildman–Crippen LogP) is 2.87. The zero-order valence-electron chi connectivity index (χ0n) is 10.5. The Morgan fingerprint density at radius 3 is 2.90 bits per heavy atom. The van der Waals surface area contributed by atoms with Gasteiger partial charge in [0.05, 0.1) is 10.8 Å². The second-order valence-electron chi connectivity index (χ2n) is 3.89. The molecule has 106 valence electrons. The molecule has 20 heavy (non-hydrogen) atoms. The standard InChI is InChI=1S/C12H11Cl2N3O2S/c1-2-17-11(19)15-16-12(17)20-6-10(18)8-5-7(13)3-4-9(8)14/h3-5H,2,6H2,1H3,(H,15,19). The Bertz CT molecular complexity index is 696. The summed E-state index contributed by atoms with van der Waals surface area (Å²) in [5, 5.41) is 7.50. The Labute approximate surface area is 129 Å². The van der Waals surface area contributed by atoms with Gasteiger partial charge in [0.1, 0.15) is 0 Å². The fourth-order valence-corrected chi connectivity index (χ4v) is 2.90. The second-order valence-corrected chi connectivity index (χ2v) is 5.68. The van der Waals surface area contributed by atoms with Gasteiger partial charge in [-0.1, -0.05) is 35.0 Å². The summed E-state index contributed by atoms with van der Waals surface area (Å²) in [7, 11) is 0. The van der Waals surface area contributed by atoms with Crippen LogP contribution in [0.5, 0.6) is 0 Å². The molecule has 2 rings (SSSR count). The van der Waals surface area contributed by atoms with Crippen LogP contribution < -0.4 is 5.69 Å². The number of H-pyrrole nitrogens is 1. The van der Waals surface area contributed by atoms with Crippen molar-refractivity contribution >= 4 is 40.7 Å². The summed E-state index contributed by atoms with van der Waals surface area (Å²) < 4.78 is 1.46. The summed E-state index contributed by atoms with van der Waals surface area (Å²) in [5.74, 6) is -0.0368. The minimum atomic E-state index is -0.289. The van der Waals surface area contributed by atoms with Crippen molar-refractivity contribution in [3.63, 3.8) is 0 Å². The number of hydrogen-bond donors (Lipinski definition) is 1. The van der Waals surface area contributed by atoms with Gasteiger partial charge in [0.25, 0.3) is 0 Å². The number of nitrogens with zero attached hydrogens (tertiary/aromatic N) is 2. The van der Waals surface area contributed by atoms with Crippen LogP contribution in [0.15, 0.2) is 28.2 Å². The molecule has 0 spiro atoms. The van der Waals surface area contributed by atoms with E-state index in [1.54, 1.807) is 12.1 Å². The van der Waals surface area contributed by atoms with Crippen molar-refractivity contribution in [1.82, 2.24) is 14.8 Å². The Morgan fingerprint density at radius 1 is 1.45 bits per heavy atom. The van der Waals surface area contributed by atoms with Crippen LogP contribution in [0.2, 0.25) is 10.0 Å². The highest BCUT2D eigenvalue weighted by Gasteiger charge is 2.14. The number of Topliss-reactive ketones (excluding diaryl/α,β-unsaturated/α-hetero) is 1. The Balaban J connectivity index is 2.12. The molecule has 0 atom stereocenters. The van der Waals surface area contributed by atoms with Crippen LogP contribution in [0.1, 0.15) is 17.3 Å². The fraction of sp³-hybridized carbons (Fsp3) is 0.250. The van der Waals surface area contributed by atoms with Crippen molar-refractivity contribution in [2.75, 3.05) is 5.75 Å². The summed E-state index contributed by atoms with van der Waals surface area (Å²) >= 11 is 13.0. The van der Waals surface area contributed by atoms with Gasteiger partial charge in [0.15, 0.2) is 10.9 Å². The molecule has 0 saturated carbocycles. The number of thioether (sulfide) groups is 1. The monoisotopic (exact) mass is 331 g/mol. The summed E-state index contributed by atoms with van der Waals surface area (Å²) in [4.78, 5) is 23.5. The number of aromatic nitrogens is 3. The van der Waals surface area contributed by atoms with E-state index in [0.29, 0.717) is 27.3 Å². The average Bonchev–Trinajstić information content (AvgIpc) is 2.79. The summed E-state index contributed by atoms with van der Waals surface area (Å²) in [6.45, 7) is 2.32. The van der Waals surface area contributed by atoms with Gasteiger partial charge < -0.3 is 0 Å². The largest absolute Gasteiger partial charge is 0.343 e. The van der Waals surface area contributed by atoms with Gasteiger partial charge in [-0.2, -0.15) is 0 Å². The third-order valence-corrected chi connectivity index (χ3v) is 4.14. The molecule has 0 bridgehead atoms. The van der Waals surface area contributed by atoms with E-state index >= 15 is 0 Å². The molecule has 0 aliphatic heterocycles. The van der Waals surface area contributed by atoms with Gasteiger partial charge >= 0.3 is 5.69 Å². The second kappa shape index (κ2) is 6.47. The summed E-state index contributed by atoms with van der Waals surface area (Å²) in [6, 6.07) is 4.73. The van der Waals surface area contributed by atoms with Gasteiger partial charge in [-0.3, -0.25) is 9.36 Å². The first-order chi connectivity index (χ1) is 9.52. The van der Waals surface area contributed by atoms with E-state index in [4.69, 9.17) is 23.2 Å². The molecule has 0 aliphatic rings. The van der Waals surface area contributed by atoms with Gasteiger partial charge in [0.2, 0.25) is 0 Å². The highest BCUT2D eigenvalue weighted by Crippen LogP contribution is 2.23. The lowest BCUT2D eigenvalue weighted by Crippen LogP contribution is -2.16. The number of hydrogen-bond acceptors (Lipinski definition) is 4. The zero-order valence-corrected chi connectivity index (χ0v) is 12.8. The van der Waals surface area contributed by atoms with E-state index < -0.39 is 0 Å². The molecule has 1 N–H and O–H groups in total. The smallest absolute Gasteiger partial charge is 0.293 e. The minimum absolute atomic E-state index is 0.129. The van der Waals surface area contributed by atoms with Crippen molar-refractivity contribution in [1.29, 1.82) is 0 Å². The number of benzene rings is 1. The zero-order chi connectivity index (χ0) is 14.7. The maximum atomic E-state index is 12.1. The molecule has 0 radical (unpaired) electrons. The lowest BCUT2D eigenvalue weighted by atomic mass is 10.1. The number of carbonyl (C=O) groups excluding carboxylic acids is 1. The quantitative estimate of drug-likeness (QED) is 0.675. The van der Waals surface area contributed by atoms with Crippen LogP contribution in [0.3, 0.4) is 0 Å². The molecule has 0 unspecified atom stereocenters. The molecule has 0 saturated heterocycles. The highest BCUT2D eigenvalue weighted by atomic mass is 35.5. The van der Waals surface area contributed by atoms with Gasteiger partial charge in [-0.05, 0) is 25.1 Å². The number of carbonyl (C=O) groups is 1. The average molecular weight is 332 g/mol. The van der Waals surface area contributed by atoms with Crippen LogP contribution in [0.25, 0.3) is 0 Å². The third kappa shape index (κ3) is 3.26. The first-order valence-electron chi connectivity index (χ1n) is 5.79. The lowest BCUT2D eigenvalue weighted by Gasteiger charge is -2.04. The molecule has 8 heteroatoms. The first kappa shape index (κ1) is 15.2. The van der Waals surface area contributed by atoms with Crippen molar-refractivity contribution in [3.05, 3.63) is 44.3 Å². The lowest BCUT2D eigenvalue weighted by molar-refractivity contribution is 0.102. The maximum absolute atomic E-state index is 12.1.